The van der Waals surface area contributed by atoms with E-state index in [9.17, 15) is 5.11 Å². The molecule has 19 heavy (non-hydrogen) atoms. The molecule has 104 valence electrons. The fraction of sp³-hybridized carbons (Fsp3) is 0.812. The first kappa shape index (κ1) is 12.0. The molecule has 0 aliphatic heterocycles. The summed E-state index contributed by atoms with van der Waals surface area (Å²) < 4.78 is 2.09. The van der Waals surface area contributed by atoms with E-state index in [-0.39, 0.29) is 11.5 Å². The minimum Gasteiger partial charge on any atom is -0.392 e. The van der Waals surface area contributed by atoms with Gasteiger partial charge in [-0.3, -0.25) is 0 Å². The Morgan fingerprint density at radius 3 is 2.32 bits per heavy atom. The summed E-state index contributed by atoms with van der Waals surface area (Å²) in [6.07, 6.45) is 14.7. The second kappa shape index (κ2) is 4.34. The van der Waals surface area contributed by atoms with E-state index in [4.69, 9.17) is 0 Å². The van der Waals surface area contributed by atoms with Gasteiger partial charge in [0.05, 0.1) is 12.4 Å². The van der Waals surface area contributed by atoms with Crippen LogP contribution >= 0.6 is 0 Å². The van der Waals surface area contributed by atoms with Crippen LogP contribution in [0.15, 0.2) is 18.7 Å². The molecule has 1 heterocycles. The first-order valence-corrected chi connectivity index (χ1v) is 7.87. The standard InChI is InChI=1S/C16H24N2O/c19-15(1-3-18-4-2-17-11-18)16-8-12-5-13(9-16)7-14(6-12)10-16/h2,4,11-15,19H,1,3,5-10H2. The number of imidazole rings is 1. The molecule has 1 unspecified atom stereocenters. The molecule has 4 bridgehead atoms. The molecule has 4 aliphatic carbocycles. The van der Waals surface area contributed by atoms with Gasteiger partial charge >= 0.3 is 0 Å². The second-order valence-electron chi connectivity index (χ2n) is 7.38. The molecule has 4 fully saturated rings. The number of aryl methyl sites for hydroxylation is 1. The fourth-order valence-corrected chi connectivity index (χ4v) is 5.58. The molecule has 4 aliphatic rings. The molecule has 1 aromatic rings. The van der Waals surface area contributed by atoms with E-state index >= 15 is 0 Å². The van der Waals surface area contributed by atoms with Gasteiger partial charge in [0.1, 0.15) is 0 Å². The molecule has 3 heteroatoms. The van der Waals surface area contributed by atoms with Crippen molar-refractivity contribution >= 4 is 0 Å². The molecule has 0 spiro atoms. The van der Waals surface area contributed by atoms with Crippen molar-refractivity contribution in [3.8, 4) is 0 Å². The van der Waals surface area contributed by atoms with E-state index in [0.717, 1.165) is 30.7 Å². The van der Waals surface area contributed by atoms with E-state index in [0.29, 0.717) is 0 Å². The zero-order chi connectivity index (χ0) is 12.9. The minimum absolute atomic E-state index is 0.108. The predicted octanol–water partition coefficient (Wildman–Crippen LogP) is 2.85. The molecule has 3 nitrogen and oxygen atoms in total. The number of aliphatic hydroxyl groups excluding tert-OH is 1. The third-order valence-electron chi connectivity index (χ3n) is 6.01. The molecule has 0 saturated heterocycles. The van der Waals surface area contributed by atoms with Gasteiger partial charge in [0.15, 0.2) is 0 Å². The maximum Gasteiger partial charge on any atom is 0.0945 e. The molecular formula is C16H24N2O. The van der Waals surface area contributed by atoms with Crippen LogP contribution < -0.4 is 0 Å². The summed E-state index contributed by atoms with van der Waals surface area (Å²) >= 11 is 0. The van der Waals surface area contributed by atoms with Gasteiger partial charge in [-0.05, 0) is 68.1 Å². The fourth-order valence-electron chi connectivity index (χ4n) is 5.58. The number of hydrogen-bond donors (Lipinski definition) is 1. The number of hydrogen-bond acceptors (Lipinski definition) is 2. The molecule has 0 radical (unpaired) electrons. The summed E-state index contributed by atoms with van der Waals surface area (Å²) in [5.74, 6) is 2.78. The van der Waals surface area contributed by atoms with Crippen LogP contribution in [0.1, 0.15) is 44.9 Å². The van der Waals surface area contributed by atoms with Crippen LogP contribution in [0.5, 0.6) is 0 Å². The molecule has 4 saturated carbocycles. The second-order valence-corrected chi connectivity index (χ2v) is 7.38. The molecular weight excluding hydrogens is 236 g/mol. The number of aliphatic hydroxyl groups is 1. The van der Waals surface area contributed by atoms with Crippen molar-refractivity contribution in [3.63, 3.8) is 0 Å². The SMILES string of the molecule is OC(CCn1ccnc1)C12CC3CC(CC(C3)C1)C2. The first-order valence-electron chi connectivity index (χ1n) is 7.87. The summed E-state index contributed by atoms with van der Waals surface area (Å²) in [6.45, 7) is 0.906. The number of nitrogens with zero attached hydrogens (tertiary/aromatic N) is 2. The zero-order valence-electron chi connectivity index (χ0n) is 11.5. The van der Waals surface area contributed by atoms with Gasteiger partial charge in [0, 0.05) is 18.9 Å². The third kappa shape index (κ3) is 2.03. The first-order chi connectivity index (χ1) is 9.23. The lowest BCUT2D eigenvalue weighted by Crippen LogP contribution is -2.51. The van der Waals surface area contributed by atoms with Gasteiger partial charge in [-0.2, -0.15) is 0 Å². The van der Waals surface area contributed by atoms with Crippen molar-refractivity contribution in [1.82, 2.24) is 9.55 Å². The average Bonchev–Trinajstić information content (AvgIpc) is 2.87. The van der Waals surface area contributed by atoms with Crippen LogP contribution in [-0.2, 0) is 6.54 Å². The van der Waals surface area contributed by atoms with Crippen molar-refractivity contribution in [2.24, 2.45) is 23.2 Å². The van der Waals surface area contributed by atoms with Crippen LogP contribution in [0.4, 0.5) is 0 Å². The maximum atomic E-state index is 10.8. The van der Waals surface area contributed by atoms with Gasteiger partial charge in [-0.15, -0.1) is 0 Å². The smallest absolute Gasteiger partial charge is 0.0945 e. The highest BCUT2D eigenvalue weighted by atomic mass is 16.3. The van der Waals surface area contributed by atoms with Crippen molar-refractivity contribution in [2.75, 3.05) is 0 Å². The highest BCUT2D eigenvalue weighted by Gasteiger charge is 2.53. The van der Waals surface area contributed by atoms with Crippen molar-refractivity contribution in [1.29, 1.82) is 0 Å². The van der Waals surface area contributed by atoms with Crippen LogP contribution in [0.25, 0.3) is 0 Å². The summed E-state index contributed by atoms with van der Waals surface area (Å²) in [5, 5.41) is 10.8. The van der Waals surface area contributed by atoms with Gasteiger partial charge in [0.25, 0.3) is 0 Å². The van der Waals surface area contributed by atoms with E-state index < -0.39 is 0 Å². The van der Waals surface area contributed by atoms with Crippen molar-refractivity contribution in [3.05, 3.63) is 18.7 Å². The normalized spacial score (nSPS) is 41.6. The van der Waals surface area contributed by atoms with E-state index in [2.05, 4.69) is 9.55 Å². The molecule has 0 aromatic carbocycles. The lowest BCUT2D eigenvalue weighted by Gasteiger charge is -2.58. The van der Waals surface area contributed by atoms with Crippen LogP contribution in [0.2, 0.25) is 0 Å². The lowest BCUT2D eigenvalue weighted by molar-refractivity contribution is -0.122. The molecule has 5 rings (SSSR count). The highest BCUT2D eigenvalue weighted by Crippen LogP contribution is 2.61. The molecule has 1 aromatic heterocycles. The minimum atomic E-state index is -0.108. The Kier molecular flexibility index (Phi) is 2.73. The number of aromatic nitrogens is 2. The monoisotopic (exact) mass is 260 g/mol. The third-order valence-corrected chi connectivity index (χ3v) is 6.01. The summed E-state index contributed by atoms with van der Waals surface area (Å²) in [5.41, 5.74) is 0.273. The molecule has 1 N–H and O–H groups in total. The summed E-state index contributed by atoms with van der Waals surface area (Å²) in [6, 6.07) is 0. The number of rotatable bonds is 4. The Bertz CT molecular complexity index is 404. The largest absolute Gasteiger partial charge is 0.392 e. The van der Waals surface area contributed by atoms with Gasteiger partial charge in [0.2, 0.25) is 0 Å². The van der Waals surface area contributed by atoms with Gasteiger partial charge in [-0.1, -0.05) is 0 Å². The quantitative estimate of drug-likeness (QED) is 0.904. The lowest BCUT2D eigenvalue weighted by atomic mass is 9.48. The van der Waals surface area contributed by atoms with Crippen LogP contribution in [0.3, 0.4) is 0 Å². The van der Waals surface area contributed by atoms with Crippen molar-refractivity contribution in [2.45, 2.75) is 57.6 Å². The van der Waals surface area contributed by atoms with Gasteiger partial charge < -0.3 is 9.67 Å². The Hall–Kier alpha value is -0.830. The van der Waals surface area contributed by atoms with Crippen LogP contribution in [0, 0.1) is 23.2 Å². The predicted molar refractivity (Wildman–Crippen MR) is 73.5 cm³/mol. The van der Waals surface area contributed by atoms with E-state index in [1.807, 2.05) is 18.7 Å². The Labute approximate surface area is 115 Å². The maximum absolute atomic E-state index is 10.8. The zero-order valence-corrected chi connectivity index (χ0v) is 11.5. The van der Waals surface area contributed by atoms with Crippen molar-refractivity contribution < 1.29 is 5.11 Å². The van der Waals surface area contributed by atoms with E-state index in [1.54, 1.807) is 0 Å². The van der Waals surface area contributed by atoms with Gasteiger partial charge in [-0.25, -0.2) is 4.98 Å². The Morgan fingerprint density at radius 1 is 1.16 bits per heavy atom. The highest BCUT2D eigenvalue weighted by molar-refractivity contribution is 5.04. The summed E-state index contributed by atoms with van der Waals surface area (Å²) in [7, 11) is 0. The molecule has 0 amide bonds. The Morgan fingerprint density at radius 2 is 1.79 bits per heavy atom. The van der Waals surface area contributed by atoms with Crippen LogP contribution in [-0.4, -0.2) is 20.8 Å². The summed E-state index contributed by atoms with van der Waals surface area (Å²) in [4.78, 5) is 4.07. The average molecular weight is 260 g/mol. The molecule has 1 atom stereocenters. The Balaban J connectivity index is 1.45. The van der Waals surface area contributed by atoms with E-state index in [1.165, 1.54) is 38.5 Å². The topological polar surface area (TPSA) is 38.0 Å².